The summed E-state index contributed by atoms with van der Waals surface area (Å²) >= 11 is 0. The highest BCUT2D eigenvalue weighted by atomic mass is 19.4. The molecule has 1 aromatic rings. The summed E-state index contributed by atoms with van der Waals surface area (Å²) < 4.78 is 66.5. The Morgan fingerprint density at radius 2 is 2.04 bits per heavy atom. The van der Waals surface area contributed by atoms with E-state index < -0.39 is 23.7 Å². The Morgan fingerprint density at radius 1 is 1.30 bits per heavy atom. The molecule has 0 spiro atoms. The Morgan fingerprint density at radius 3 is 2.63 bits per heavy atom. The number of hydrogen-bond donors (Lipinski definition) is 0. The number of cyclic esters (lactones) is 1. The highest BCUT2D eigenvalue weighted by Gasteiger charge is 2.34. The number of hydrogen-bond acceptors (Lipinski definition) is 5. The lowest BCUT2D eigenvalue weighted by molar-refractivity contribution is -0.138. The molecular weight excluding hydrogens is 374 g/mol. The number of halogens is 4. The summed E-state index contributed by atoms with van der Waals surface area (Å²) in [6.45, 7) is 0.599. The van der Waals surface area contributed by atoms with Crippen molar-refractivity contribution in [1.29, 1.82) is 0 Å². The molecule has 2 heterocycles. The van der Waals surface area contributed by atoms with Gasteiger partial charge in [0.05, 0.1) is 51.0 Å². The summed E-state index contributed by atoms with van der Waals surface area (Å²) in [5.74, 6) is -1.45. The van der Waals surface area contributed by atoms with Gasteiger partial charge in [0, 0.05) is 11.5 Å². The molecule has 2 saturated heterocycles. The second kappa shape index (κ2) is 7.71. The summed E-state index contributed by atoms with van der Waals surface area (Å²) in [7, 11) is 0. The first-order valence-corrected chi connectivity index (χ1v) is 8.27. The molecule has 1 amide bonds. The van der Waals surface area contributed by atoms with Crippen molar-refractivity contribution in [1.82, 2.24) is 4.90 Å². The monoisotopic (exact) mass is 391 g/mol. The van der Waals surface area contributed by atoms with Crippen molar-refractivity contribution in [3.05, 3.63) is 35.1 Å². The van der Waals surface area contributed by atoms with Gasteiger partial charge in [0.25, 0.3) is 0 Å². The molecular formula is C17H17F4NO5. The van der Waals surface area contributed by atoms with Crippen LogP contribution in [0, 0.1) is 11.7 Å². The van der Waals surface area contributed by atoms with Gasteiger partial charge in [-0.3, -0.25) is 4.79 Å². The number of benzene rings is 1. The number of carbonyl (C=O) groups excluding carboxylic acids is 2. The molecule has 0 radical (unpaired) electrons. The highest BCUT2D eigenvalue weighted by Crippen LogP contribution is 2.30. The first-order chi connectivity index (χ1) is 12.7. The summed E-state index contributed by atoms with van der Waals surface area (Å²) in [6.07, 6.45) is -5.28. The largest absolute Gasteiger partial charge is 0.465 e. The van der Waals surface area contributed by atoms with Gasteiger partial charge in [-0.25, -0.2) is 9.18 Å². The Kier molecular flexibility index (Phi) is 5.54. The maximum absolute atomic E-state index is 13.7. The van der Waals surface area contributed by atoms with Crippen molar-refractivity contribution in [3.63, 3.8) is 0 Å². The molecule has 27 heavy (non-hydrogen) atoms. The van der Waals surface area contributed by atoms with Gasteiger partial charge in [-0.15, -0.1) is 0 Å². The topological polar surface area (TPSA) is 65.1 Å². The van der Waals surface area contributed by atoms with Crippen LogP contribution < -0.4 is 0 Å². The minimum absolute atomic E-state index is 0.00919. The van der Waals surface area contributed by atoms with Gasteiger partial charge in [0.2, 0.25) is 0 Å². The lowest BCUT2D eigenvalue weighted by atomic mass is 10.1. The van der Waals surface area contributed by atoms with Gasteiger partial charge < -0.3 is 19.1 Å². The van der Waals surface area contributed by atoms with Crippen LogP contribution in [0.1, 0.15) is 17.5 Å². The third-order valence-corrected chi connectivity index (χ3v) is 4.34. The zero-order valence-electron chi connectivity index (χ0n) is 14.1. The number of amides is 1. The molecule has 2 aliphatic heterocycles. The van der Waals surface area contributed by atoms with Crippen molar-refractivity contribution >= 4 is 12.1 Å². The van der Waals surface area contributed by atoms with E-state index in [4.69, 9.17) is 14.2 Å². The van der Waals surface area contributed by atoms with Crippen LogP contribution in [0.5, 0.6) is 0 Å². The van der Waals surface area contributed by atoms with E-state index in [2.05, 4.69) is 0 Å². The van der Waals surface area contributed by atoms with Crippen molar-refractivity contribution in [2.45, 2.75) is 25.3 Å². The molecule has 3 rings (SSSR count). The van der Waals surface area contributed by atoms with Gasteiger partial charge in [0.1, 0.15) is 5.82 Å². The third-order valence-electron chi connectivity index (χ3n) is 4.34. The number of carbonyl (C=O) groups is 2. The summed E-state index contributed by atoms with van der Waals surface area (Å²) in [5.41, 5.74) is -1.05. The lowest BCUT2D eigenvalue weighted by Gasteiger charge is -2.38. The number of alkyl halides is 3. The molecule has 1 aromatic carbocycles. The zero-order valence-corrected chi connectivity index (χ0v) is 14.1. The molecule has 1 atom stereocenters. The average Bonchev–Trinajstić information content (AvgIpc) is 2.97. The van der Waals surface area contributed by atoms with Crippen LogP contribution in [-0.2, 0) is 31.8 Å². The summed E-state index contributed by atoms with van der Waals surface area (Å²) in [6, 6.07) is 2.26. The second-order valence-corrected chi connectivity index (χ2v) is 6.47. The minimum atomic E-state index is -4.60. The lowest BCUT2D eigenvalue weighted by Crippen LogP contribution is -2.55. The van der Waals surface area contributed by atoms with Crippen LogP contribution in [0.2, 0.25) is 0 Å². The van der Waals surface area contributed by atoms with Gasteiger partial charge >= 0.3 is 18.2 Å². The molecule has 0 N–H and O–H groups in total. The number of esters is 1. The maximum atomic E-state index is 13.7. The van der Waals surface area contributed by atoms with Gasteiger partial charge in [-0.2, -0.15) is 13.2 Å². The quantitative estimate of drug-likeness (QED) is 0.571. The van der Waals surface area contributed by atoms with Crippen LogP contribution in [0.4, 0.5) is 22.4 Å². The normalized spacial score (nSPS) is 20.4. The Balaban J connectivity index is 1.38. The highest BCUT2D eigenvalue weighted by molar-refractivity contribution is 5.72. The minimum Gasteiger partial charge on any atom is -0.465 e. The van der Waals surface area contributed by atoms with E-state index in [1.807, 2.05) is 0 Å². The molecule has 148 valence electrons. The standard InChI is InChI=1S/C17H17F4NO5/c18-14-4-12(17(19,20)21)2-1-11(14)9-25-13-5-22(6-13)16(24)27-8-10-3-15(23)26-7-10/h1-2,4,10,13H,3,5-9H2/t10-/m0/s1. The van der Waals surface area contributed by atoms with Crippen LogP contribution in [0.15, 0.2) is 18.2 Å². The molecule has 0 unspecified atom stereocenters. The number of likely N-dealkylation sites (tertiary alicyclic amines) is 1. The summed E-state index contributed by atoms with van der Waals surface area (Å²) in [5, 5.41) is 0. The van der Waals surface area contributed by atoms with Crippen LogP contribution >= 0.6 is 0 Å². The van der Waals surface area contributed by atoms with Crippen molar-refractivity contribution in [3.8, 4) is 0 Å². The Labute approximate surface area is 152 Å². The van der Waals surface area contributed by atoms with E-state index in [-0.39, 0.29) is 62.9 Å². The van der Waals surface area contributed by atoms with E-state index in [0.717, 1.165) is 12.1 Å². The van der Waals surface area contributed by atoms with Gasteiger partial charge in [0.15, 0.2) is 0 Å². The van der Waals surface area contributed by atoms with E-state index in [9.17, 15) is 27.2 Å². The third kappa shape index (κ3) is 4.88. The van der Waals surface area contributed by atoms with Crippen molar-refractivity contribution in [2.75, 3.05) is 26.3 Å². The first kappa shape index (κ1) is 19.4. The van der Waals surface area contributed by atoms with E-state index in [0.29, 0.717) is 6.07 Å². The van der Waals surface area contributed by atoms with E-state index in [1.165, 1.54) is 4.90 Å². The number of ether oxygens (including phenoxy) is 3. The molecule has 10 heteroatoms. The smallest absolute Gasteiger partial charge is 0.416 e. The average molecular weight is 391 g/mol. The second-order valence-electron chi connectivity index (χ2n) is 6.47. The predicted molar refractivity (Wildman–Crippen MR) is 82.0 cm³/mol. The SMILES string of the molecule is O=C1C[C@H](COC(=O)N2CC(OCc3ccc(C(F)(F)F)cc3F)C2)CO1. The summed E-state index contributed by atoms with van der Waals surface area (Å²) in [4.78, 5) is 24.2. The molecule has 0 aliphatic carbocycles. The van der Waals surface area contributed by atoms with Crippen LogP contribution in [0.3, 0.4) is 0 Å². The zero-order chi connectivity index (χ0) is 19.6. The molecule has 0 bridgehead atoms. The molecule has 2 aliphatic rings. The van der Waals surface area contributed by atoms with E-state index >= 15 is 0 Å². The first-order valence-electron chi connectivity index (χ1n) is 8.27. The molecule has 0 aromatic heterocycles. The van der Waals surface area contributed by atoms with E-state index in [1.54, 1.807) is 0 Å². The fraction of sp³-hybridized carbons (Fsp3) is 0.529. The Hall–Kier alpha value is -2.36. The maximum Gasteiger partial charge on any atom is 0.416 e. The van der Waals surface area contributed by atoms with Crippen LogP contribution in [-0.4, -0.2) is 49.4 Å². The Bertz CT molecular complexity index is 718. The molecule has 6 nitrogen and oxygen atoms in total. The van der Waals surface area contributed by atoms with Crippen molar-refractivity contribution < 1.29 is 41.4 Å². The number of nitrogens with zero attached hydrogens (tertiary/aromatic N) is 1. The predicted octanol–water partition coefficient (Wildman–Crippen LogP) is 2.75. The van der Waals surface area contributed by atoms with Gasteiger partial charge in [-0.1, -0.05) is 6.07 Å². The fourth-order valence-corrected chi connectivity index (χ4v) is 2.69. The molecule has 2 fully saturated rings. The fourth-order valence-electron chi connectivity index (χ4n) is 2.69. The van der Waals surface area contributed by atoms with Crippen molar-refractivity contribution in [2.24, 2.45) is 5.92 Å². The van der Waals surface area contributed by atoms with Gasteiger partial charge in [-0.05, 0) is 12.1 Å². The molecule has 0 saturated carbocycles. The van der Waals surface area contributed by atoms with Crippen LogP contribution in [0.25, 0.3) is 0 Å². The number of rotatable bonds is 5.